The summed E-state index contributed by atoms with van der Waals surface area (Å²) in [7, 11) is 3.59. The van der Waals surface area contributed by atoms with Crippen LogP contribution in [-0.4, -0.2) is 109 Å². The zero-order chi connectivity index (χ0) is 26.9. The summed E-state index contributed by atoms with van der Waals surface area (Å²) in [4.78, 5) is 47.9. The number of likely N-dealkylation sites (tertiary alicyclic amines) is 1. The van der Waals surface area contributed by atoms with Gasteiger partial charge in [-0.1, -0.05) is 0 Å². The van der Waals surface area contributed by atoms with Crippen molar-refractivity contribution < 1.29 is 28.2 Å². The molecule has 0 saturated carbocycles. The van der Waals surface area contributed by atoms with Crippen molar-refractivity contribution in [2.75, 3.05) is 60.0 Å². The van der Waals surface area contributed by atoms with E-state index in [1.165, 1.54) is 24.3 Å². The molecule has 1 spiro atoms. The molecule has 0 aromatic heterocycles. The Kier molecular flexibility index (Phi) is 7.36. The Morgan fingerprint density at radius 2 is 1.42 bits per heavy atom. The Hall–Kier alpha value is -3.50. The van der Waals surface area contributed by atoms with Gasteiger partial charge in [-0.2, -0.15) is 0 Å². The zero-order valence-corrected chi connectivity index (χ0v) is 21.8. The van der Waals surface area contributed by atoms with E-state index < -0.39 is 17.6 Å². The first-order valence-electron chi connectivity index (χ1n) is 13.0. The van der Waals surface area contributed by atoms with E-state index in [4.69, 9.17) is 9.47 Å². The van der Waals surface area contributed by atoms with Crippen LogP contribution < -0.4 is 4.74 Å². The highest BCUT2D eigenvalue weighted by atomic mass is 19.1. The Bertz CT molecular complexity index is 1170. The van der Waals surface area contributed by atoms with E-state index in [-0.39, 0.29) is 24.3 Å². The van der Waals surface area contributed by atoms with Crippen molar-refractivity contribution in [3.63, 3.8) is 0 Å². The Labute approximate surface area is 221 Å². The predicted molar refractivity (Wildman–Crippen MR) is 137 cm³/mol. The van der Waals surface area contributed by atoms with E-state index in [1.54, 1.807) is 46.1 Å². The summed E-state index contributed by atoms with van der Waals surface area (Å²) in [6, 6.07) is 11.5. The first kappa shape index (κ1) is 26.1. The van der Waals surface area contributed by atoms with Gasteiger partial charge < -0.3 is 24.2 Å². The largest absolute Gasteiger partial charge is 0.497 e. The van der Waals surface area contributed by atoms with Crippen LogP contribution in [0, 0.1) is 5.82 Å². The number of likely N-dealkylation sites (N-methyl/N-ethyl adjacent to an activating group) is 1. The number of piperidine rings is 1. The van der Waals surface area contributed by atoms with Gasteiger partial charge in [0.1, 0.15) is 23.3 Å². The van der Waals surface area contributed by atoms with Gasteiger partial charge in [0.25, 0.3) is 11.8 Å². The molecule has 3 aliphatic heterocycles. The number of hydrogen-bond donors (Lipinski definition) is 0. The molecule has 0 radical (unpaired) electrons. The molecule has 9 nitrogen and oxygen atoms in total. The molecule has 2 aromatic rings. The molecular weight excluding hydrogens is 491 g/mol. The average molecular weight is 525 g/mol. The molecule has 0 aliphatic carbocycles. The number of ether oxygens (including phenoxy) is 2. The third-order valence-electron chi connectivity index (χ3n) is 7.84. The zero-order valence-electron chi connectivity index (χ0n) is 21.8. The maximum atomic E-state index is 13.8. The SMILES string of the molecule is COc1ccc(C(=O)N2CCC3(CC2)OC[C@H](C(=O)N2CCN(C)CC2)N3C(=O)c2ccc(F)cc2)cc1. The molecule has 0 bridgehead atoms. The molecule has 3 amide bonds. The van der Waals surface area contributed by atoms with Crippen LogP contribution in [0.4, 0.5) is 4.39 Å². The predicted octanol–water partition coefficient (Wildman–Crippen LogP) is 2.08. The minimum absolute atomic E-state index is 0.0878. The Balaban J connectivity index is 1.37. The highest BCUT2D eigenvalue weighted by molar-refractivity contribution is 5.98. The molecule has 1 atom stereocenters. The molecule has 202 valence electrons. The number of rotatable bonds is 4. The summed E-state index contributed by atoms with van der Waals surface area (Å²) in [5, 5.41) is 0. The number of carbonyl (C=O) groups excluding carboxylic acids is 3. The monoisotopic (exact) mass is 524 g/mol. The lowest BCUT2D eigenvalue weighted by Crippen LogP contribution is -2.61. The number of halogens is 1. The number of amides is 3. The normalized spacial score (nSPS) is 21.6. The van der Waals surface area contributed by atoms with Crippen molar-refractivity contribution in [1.82, 2.24) is 19.6 Å². The van der Waals surface area contributed by atoms with Gasteiger partial charge in [-0.15, -0.1) is 0 Å². The quantitative estimate of drug-likeness (QED) is 0.609. The fraction of sp³-hybridized carbons (Fsp3) is 0.464. The van der Waals surface area contributed by atoms with E-state index in [0.29, 0.717) is 55.9 Å². The maximum absolute atomic E-state index is 13.8. The minimum Gasteiger partial charge on any atom is -0.497 e. The Morgan fingerprint density at radius 3 is 2.03 bits per heavy atom. The van der Waals surface area contributed by atoms with E-state index in [2.05, 4.69) is 4.90 Å². The molecule has 3 aliphatic rings. The van der Waals surface area contributed by atoms with Crippen molar-refractivity contribution in [3.8, 4) is 5.75 Å². The summed E-state index contributed by atoms with van der Waals surface area (Å²) in [5.74, 6) is -0.386. The third-order valence-corrected chi connectivity index (χ3v) is 7.84. The fourth-order valence-corrected chi connectivity index (χ4v) is 5.50. The molecule has 0 unspecified atom stereocenters. The summed E-state index contributed by atoms with van der Waals surface area (Å²) in [5.41, 5.74) is -0.171. The van der Waals surface area contributed by atoms with Crippen LogP contribution >= 0.6 is 0 Å². The van der Waals surface area contributed by atoms with Crippen LogP contribution in [0.2, 0.25) is 0 Å². The summed E-state index contributed by atoms with van der Waals surface area (Å²) < 4.78 is 25.1. The maximum Gasteiger partial charge on any atom is 0.256 e. The van der Waals surface area contributed by atoms with Crippen LogP contribution in [0.3, 0.4) is 0 Å². The summed E-state index contributed by atoms with van der Waals surface area (Å²) in [6.07, 6.45) is 0.739. The van der Waals surface area contributed by atoms with Crippen LogP contribution in [0.1, 0.15) is 33.6 Å². The van der Waals surface area contributed by atoms with Gasteiger partial charge in [-0.3, -0.25) is 19.3 Å². The van der Waals surface area contributed by atoms with Crippen molar-refractivity contribution in [1.29, 1.82) is 0 Å². The second-order valence-electron chi connectivity index (χ2n) is 10.1. The Morgan fingerprint density at radius 1 is 0.842 bits per heavy atom. The first-order chi connectivity index (χ1) is 18.3. The lowest BCUT2D eigenvalue weighted by Gasteiger charge is -2.45. The van der Waals surface area contributed by atoms with Gasteiger partial charge in [-0.05, 0) is 55.6 Å². The lowest BCUT2D eigenvalue weighted by molar-refractivity contribution is -0.139. The molecule has 38 heavy (non-hydrogen) atoms. The fourth-order valence-electron chi connectivity index (χ4n) is 5.50. The molecule has 3 fully saturated rings. The van der Waals surface area contributed by atoms with Crippen LogP contribution in [0.15, 0.2) is 48.5 Å². The summed E-state index contributed by atoms with van der Waals surface area (Å²) >= 11 is 0. The number of piperazine rings is 1. The third kappa shape index (κ3) is 4.98. The lowest BCUT2D eigenvalue weighted by atomic mass is 9.96. The number of hydrogen-bond acceptors (Lipinski definition) is 6. The summed E-state index contributed by atoms with van der Waals surface area (Å²) in [6.45, 7) is 3.52. The van der Waals surface area contributed by atoms with Crippen LogP contribution in [0.5, 0.6) is 5.75 Å². The molecule has 2 aromatic carbocycles. The van der Waals surface area contributed by atoms with Gasteiger partial charge in [0.15, 0.2) is 0 Å². The van der Waals surface area contributed by atoms with E-state index in [9.17, 15) is 18.8 Å². The molecule has 3 heterocycles. The molecule has 10 heteroatoms. The average Bonchev–Trinajstić information content (AvgIpc) is 3.31. The second-order valence-corrected chi connectivity index (χ2v) is 10.1. The molecular formula is C28H33FN4O5. The number of methoxy groups -OCH3 is 1. The van der Waals surface area contributed by atoms with Crippen LogP contribution in [-0.2, 0) is 9.53 Å². The molecule has 3 saturated heterocycles. The minimum atomic E-state index is -1.02. The van der Waals surface area contributed by atoms with Crippen molar-refractivity contribution in [2.24, 2.45) is 0 Å². The van der Waals surface area contributed by atoms with E-state index >= 15 is 0 Å². The topological polar surface area (TPSA) is 82.6 Å². The van der Waals surface area contributed by atoms with Crippen molar-refractivity contribution in [3.05, 3.63) is 65.5 Å². The van der Waals surface area contributed by atoms with Gasteiger partial charge >= 0.3 is 0 Å². The first-order valence-corrected chi connectivity index (χ1v) is 13.0. The smallest absolute Gasteiger partial charge is 0.256 e. The highest BCUT2D eigenvalue weighted by Gasteiger charge is 2.55. The number of benzene rings is 2. The molecule has 0 N–H and O–H groups in total. The van der Waals surface area contributed by atoms with Crippen LogP contribution in [0.25, 0.3) is 0 Å². The van der Waals surface area contributed by atoms with Gasteiger partial charge in [0.05, 0.1) is 13.7 Å². The molecule has 5 rings (SSSR count). The highest BCUT2D eigenvalue weighted by Crippen LogP contribution is 2.39. The van der Waals surface area contributed by atoms with Gasteiger partial charge in [0, 0.05) is 63.2 Å². The van der Waals surface area contributed by atoms with Crippen molar-refractivity contribution in [2.45, 2.75) is 24.6 Å². The standard InChI is InChI=1S/C28H33FN4O5/c1-30-15-17-32(18-16-30)27(36)24-19-38-28(33(24)26(35)21-3-7-22(29)8-4-21)11-13-31(14-12-28)25(34)20-5-9-23(37-2)10-6-20/h3-10,24H,11-19H2,1-2H3/t24-/m1/s1. The number of nitrogens with zero attached hydrogens (tertiary/aromatic N) is 4. The van der Waals surface area contributed by atoms with E-state index in [0.717, 1.165) is 13.1 Å². The van der Waals surface area contributed by atoms with E-state index in [1.807, 2.05) is 7.05 Å². The van der Waals surface area contributed by atoms with Crippen molar-refractivity contribution >= 4 is 17.7 Å². The number of carbonyl (C=O) groups is 3. The second kappa shape index (κ2) is 10.7. The van der Waals surface area contributed by atoms with Gasteiger partial charge in [-0.25, -0.2) is 4.39 Å². The van der Waals surface area contributed by atoms with Gasteiger partial charge in [0.2, 0.25) is 5.91 Å².